The van der Waals surface area contributed by atoms with E-state index in [1.165, 1.54) is 4.90 Å². The monoisotopic (exact) mass is 468 g/mol. The maximum absolute atomic E-state index is 13.7. The number of aromatic amines is 1. The van der Waals surface area contributed by atoms with Gasteiger partial charge in [-0.25, -0.2) is 22.9 Å². The third-order valence-electron chi connectivity index (χ3n) is 4.45. The molecule has 0 unspecified atom stereocenters. The molecule has 3 rings (SSSR count). The molecular formula is C20H19F3N4O4S. The van der Waals surface area contributed by atoms with Gasteiger partial charge in [-0.15, -0.1) is 11.3 Å². The number of halogens is 3. The highest BCUT2D eigenvalue weighted by atomic mass is 32.1. The van der Waals surface area contributed by atoms with Crippen molar-refractivity contribution in [3.8, 4) is 0 Å². The third kappa shape index (κ3) is 4.81. The predicted molar refractivity (Wildman–Crippen MR) is 112 cm³/mol. The summed E-state index contributed by atoms with van der Waals surface area (Å²) in [5.74, 6) is -5.52. The van der Waals surface area contributed by atoms with E-state index in [0.29, 0.717) is 21.3 Å². The number of benzene rings is 1. The molecule has 2 heterocycles. The summed E-state index contributed by atoms with van der Waals surface area (Å²) in [6.45, 7) is 3.30. The van der Waals surface area contributed by atoms with Gasteiger partial charge in [-0.05, 0) is 38.6 Å². The van der Waals surface area contributed by atoms with E-state index in [0.717, 1.165) is 17.4 Å². The standard InChI is InChI=1S/C20H19F3N4O4S/c1-4-31-20(30)17-9(2)14-18(29)25-12(26-19(14)32-17)7-27(3)8-13(28)24-11-6-5-10(21)15(22)16(11)23/h5-6H,4,7-8H2,1-3H3,(H,24,28)(H,25,26,29). The predicted octanol–water partition coefficient (Wildman–Crippen LogP) is 2.96. The number of amides is 1. The molecule has 1 amide bonds. The molecule has 0 fully saturated rings. The number of anilines is 1. The Morgan fingerprint density at radius 1 is 1.25 bits per heavy atom. The Bertz CT molecular complexity index is 1260. The molecule has 2 aromatic heterocycles. The molecule has 0 spiro atoms. The van der Waals surface area contributed by atoms with Crippen molar-refractivity contribution in [3.05, 3.63) is 56.2 Å². The van der Waals surface area contributed by atoms with Crippen LogP contribution < -0.4 is 10.9 Å². The second-order valence-electron chi connectivity index (χ2n) is 6.91. The minimum Gasteiger partial charge on any atom is -0.462 e. The summed E-state index contributed by atoms with van der Waals surface area (Å²) < 4.78 is 45.0. The molecule has 170 valence electrons. The lowest BCUT2D eigenvalue weighted by Gasteiger charge is -2.16. The van der Waals surface area contributed by atoms with Crippen molar-refractivity contribution in [1.29, 1.82) is 0 Å². The molecule has 0 aliphatic rings. The maximum Gasteiger partial charge on any atom is 0.348 e. The first-order chi connectivity index (χ1) is 15.1. The van der Waals surface area contributed by atoms with Crippen molar-refractivity contribution < 1.29 is 27.5 Å². The second kappa shape index (κ2) is 9.49. The Kier molecular flexibility index (Phi) is 6.94. The molecule has 0 aliphatic heterocycles. The van der Waals surface area contributed by atoms with Gasteiger partial charge in [-0.3, -0.25) is 14.5 Å². The number of nitrogens with zero attached hydrogens (tertiary/aromatic N) is 2. The Balaban J connectivity index is 1.73. The summed E-state index contributed by atoms with van der Waals surface area (Å²) in [6, 6.07) is 1.62. The molecule has 2 N–H and O–H groups in total. The van der Waals surface area contributed by atoms with E-state index in [9.17, 15) is 27.6 Å². The fourth-order valence-electron chi connectivity index (χ4n) is 3.02. The first kappa shape index (κ1) is 23.4. The van der Waals surface area contributed by atoms with Crippen molar-refractivity contribution >= 4 is 39.1 Å². The van der Waals surface area contributed by atoms with E-state index in [1.54, 1.807) is 20.9 Å². The van der Waals surface area contributed by atoms with Crippen LogP contribution in [0.3, 0.4) is 0 Å². The Morgan fingerprint density at radius 3 is 2.66 bits per heavy atom. The van der Waals surface area contributed by atoms with E-state index in [4.69, 9.17) is 4.74 Å². The lowest BCUT2D eigenvalue weighted by atomic mass is 10.2. The number of hydrogen-bond acceptors (Lipinski definition) is 7. The van der Waals surface area contributed by atoms with Crippen LogP contribution in [-0.2, 0) is 16.1 Å². The van der Waals surface area contributed by atoms with Gasteiger partial charge in [0.2, 0.25) is 5.91 Å². The van der Waals surface area contributed by atoms with Crippen LogP contribution in [0.4, 0.5) is 18.9 Å². The van der Waals surface area contributed by atoms with Crippen molar-refractivity contribution in [2.45, 2.75) is 20.4 Å². The number of esters is 1. The highest BCUT2D eigenvalue weighted by molar-refractivity contribution is 7.20. The number of fused-ring (bicyclic) bond motifs is 1. The number of aromatic nitrogens is 2. The van der Waals surface area contributed by atoms with E-state index in [2.05, 4.69) is 15.3 Å². The van der Waals surface area contributed by atoms with Crippen molar-refractivity contribution in [2.75, 3.05) is 25.5 Å². The van der Waals surface area contributed by atoms with Gasteiger partial charge in [0.1, 0.15) is 15.5 Å². The number of likely N-dealkylation sites (N-methyl/N-ethyl adjacent to an activating group) is 1. The normalized spacial score (nSPS) is 11.2. The van der Waals surface area contributed by atoms with Gasteiger partial charge in [0.25, 0.3) is 5.56 Å². The average molecular weight is 468 g/mol. The van der Waals surface area contributed by atoms with Gasteiger partial charge in [0, 0.05) is 0 Å². The molecule has 0 radical (unpaired) electrons. The lowest BCUT2D eigenvalue weighted by Crippen LogP contribution is -2.31. The number of carbonyl (C=O) groups excluding carboxylic acids is 2. The molecule has 0 bridgehead atoms. The number of H-pyrrole nitrogens is 1. The maximum atomic E-state index is 13.7. The molecule has 12 heteroatoms. The number of aryl methyl sites for hydroxylation is 1. The Hall–Kier alpha value is -3.25. The van der Waals surface area contributed by atoms with Crippen molar-refractivity contribution in [3.63, 3.8) is 0 Å². The van der Waals surface area contributed by atoms with E-state index in [-0.39, 0.29) is 30.9 Å². The molecule has 1 aromatic carbocycles. The van der Waals surface area contributed by atoms with Crippen LogP contribution in [0, 0.1) is 24.4 Å². The van der Waals surface area contributed by atoms with Crippen molar-refractivity contribution in [1.82, 2.24) is 14.9 Å². The van der Waals surface area contributed by atoms with Crippen LogP contribution in [0.15, 0.2) is 16.9 Å². The highest BCUT2D eigenvalue weighted by Crippen LogP contribution is 2.27. The topological polar surface area (TPSA) is 104 Å². The zero-order valence-corrected chi connectivity index (χ0v) is 18.2. The fraction of sp³-hybridized carbons (Fsp3) is 0.300. The van der Waals surface area contributed by atoms with Gasteiger partial charge < -0.3 is 15.0 Å². The molecule has 32 heavy (non-hydrogen) atoms. The fourth-order valence-corrected chi connectivity index (χ4v) is 4.12. The number of carbonyl (C=O) groups is 2. The van der Waals surface area contributed by atoms with E-state index >= 15 is 0 Å². The van der Waals surface area contributed by atoms with Gasteiger partial charge in [-0.1, -0.05) is 0 Å². The van der Waals surface area contributed by atoms with Gasteiger partial charge >= 0.3 is 5.97 Å². The van der Waals surface area contributed by atoms with Crippen LogP contribution >= 0.6 is 11.3 Å². The van der Waals surface area contributed by atoms with Gasteiger partial charge in [0.15, 0.2) is 17.5 Å². The summed E-state index contributed by atoms with van der Waals surface area (Å²) in [5.41, 5.74) is -0.447. The van der Waals surface area contributed by atoms with Gasteiger partial charge in [0.05, 0.1) is 30.8 Å². The van der Waals surface area contributed by atoms with Crippen LogP contribution in [0.2, 0.25) is 0 Å². The summed E-state index contributed by atoms with van der Waals surface area (Å²) in [6.07, 6.45) is 0. The lowest BCUT2D eigenvalue weighted by molar-refractivity contribution is -0.117. The quantitative estimate of drug-likeness (QED) is 0.408. The summed E-state index contributed by atoms with van der Waals surface area (Å²) in [5, 5.41) is 2.46. The minimum atomic E-state index is -1.68. The average Bonchev–Trinajstić information content (AvgIpc) is 3.05. The molecule has 8 nitrogen and oxygen atoms in total. The van der Waals surface area contributed by atoms with Crippen LogP contribution in [-0.4, -0.2) is 46.9 Å². The SMILES string of the molecule is CCOC(=O)c1sc2nc(CN(C)CC(=O)Nc3ccc(F)c(F)c3F)[nH]c(=O)c2c1C. The number of thiophene rings is 1. The van der Waals surface area contributed by atoms with Crippen molar-refractivity contribution in [2.24, 2.45) is 0 Å². The zero-order chi connectivity index (χ0) is 23.6. The summed E-state index contributed by atoms with van der Waals surface area (Å²) in [4.78, 5) is 45.8. The molecule has 0 aliphatic carbocycles. The van der Waals surface area contributed by atoms with Crippen LogP contribution in [0.25, 0.3) is 10.2 Å². The molecule has 0 saturated carbocycles. The number of ether oxygens (including phenoxy) is 1. The number of hydrogen-bond donors (Lipinski definition) is 2. The van der Waals surface area contributed by atoms with Crippen LogP contribution in [0.5, 0.6) is 0 Å². The Morgan fingerprint density at radius 2 is 1.97 bits per heavy atom. The molecule has 3 aromatic rings. The van der Waals surface area contributed by atoms with E-state index in [1.807, 2.05) is 0 Å². The number of rotatable bonds is 7. The zero-order valence-electron chi connectivity index (χ0n) is 17.3. The van der Waals surface area contributed by atoms with Gasteiger partial charge in [-0.2, -0.15) is 0 Å². The second-order valence-corrected chi connectivity index (χ2v) is 7.91. The molecule has 0 saturated heterocycles. The largest absolute Gasteiger partial charge is 0.462 e. The molecular weight excluding hydrogens is 449 g/mol. The first-order valence-corrected chi connectivity index (χ1v) is 10.2. The van der Waals surface area contributed by atoms with Crippen LogP contribution in [0.1, 0.15) is 28.0 Å². The highest BCUT2D eigenvalue weighted by Gasteiger charge is 2.21. The van der Waals surface area contributed by atoms with E-state index < -0.39 is 40.6 Å². The third-order valence-corrected chi connectivity index (χ3v) is 5.62. The smallest absolute Gasteiger partial charge is 0.348 e. The summed E-state index contributed by atoms with van der Waals surface area (Å²) >= 11 is 1.04. The summed E-state index contributed by atoms with van der Waals surface area (Å²) in [7, 11) is 1.55. The molecule has 0 atom stereocenters. The number of nitrogens with one attached hydrogen (secondary N) is 2. The first-order valence-electron chi connectivity index (χ1n) is 9.43. The minimum absolute atomic E-state index is 0.0462. The Labute approximate surface area is 184 Å².